The summed E-state index contributed by atoms with van der Waals surface area (Å²) in [7, 11) is 0. The third-order valence-electron chi connectivity index (χ3n) is 2.19. The van der Waals surface area contributed by atoms with E-state index in [-0.39, 0.29) is 0 Å². The average molecular weight is 205 g/mol. The molecular formula is C10H11N3O2. The van der Waals surface area contributed by atoms with Crippen molar-refractivity contribution in [2.24, 2.45) is 0 Å². The van der Waals surface area contributed by atoms with Crippen LogP contribution in [0.2, 0.25) is 0 Å². The van der Waals surface area contributed by atoms with E-state index in [1.54, 1.807) is 0 Å². The maximum absolute atomic E-state index is 11.0. The fourth-order valence-corrected chi connectivity index (χ4v) is 1.39. The van der Waals surface area contributed by atoms with Crippen LogP contribution in [0.15, 0.2) is 34.0 Å². The van der Waals surface area contributed by atoms with Crippen molar-refractivity contribution in [2.45, 2.75) is 12.8 Å². The second-order valence-corrected chi connectivity index (χ2v) is 3.31. The van der Waals surface area contributed by atoms with Gasteiger partial charge in [-0.25, -0.2) is 0 Å². The Morgan fingerprint density at radius 3 is 2.53 bits per heavy atom. The first-order chi connectivity index (χ1) is 7.25. The molecule has 2 heterocycles. The van der Waals surface area contributed by atoms with Gasteiger partial charge in [-0.1, -0.05) is 0 Å². The molecule has 0 aliphatic rings. The number of aromatic amines is 3. The highest BCUT2D eigenvalue weighted by molar-refractivity contribution is 5.07. The molecule has 0 aromatic carbocycles. The molecule has 0 fully saturated rings. The minimum atomic E-state index is -0.612. The summed E-state index contributed by atoms with van der Waals surface area (Å²) in [5.41, 5.74) is 0.713. The lowest BCUT2D eigenvalue weighted by Gasteiger charge is -1.98. The molecule has 0 amide bonds. The molecule has 0 spiro atoms. The van der Waals surface area contributed by atoms with Gasteiger partial charge in [-0.3, -0.25) is 14.7 Å². The number of hydrogen-bond donors (Lipinski definition) is 3. The highest BCUT2D eigenvalue weighted by Crippen LogP contribution is 1.99. The lowest BCUT2D eigenvalue weighted by atomic mass is 10.2. The SMILES string of the molecule is O=c1cc(CCc2ccc[nH]2)[nH][nH]c1=O. The Labute approximate surface area is 85.2 Å². The van der Waals surface area contributed by atoms with E-state index in [0.29, 0.717) is 6.42 Å². The molecule has 78 valence electrons. The van der Waals surface area contributed by atoms with Gasteiger partial charge in [0.15, 0.2) is 0 Å². The number of aryl methyl sites for hydroxylation is 2. The van der Waals surface area contributed by atoms with Crippen LogP contribution in [-0.4, -0.2) is 15.2 Å². The zero-order valence-corrected chi connectivity index (χ0v) is 8.04. The van der Waals surface area contributed by atoms with Crippen molar-refractivity contribution in [3.05, 3.63) is 56.4 Å². The molecule has 5 heteroatoms. The molecule has 2 aromatic rings. The van der Waals surface area contributed by atoms with Crippen LogP contribution >= 0.6 is 0 Å². The molecule has 2 rings (SSSR count). The molecule has 0 radical (unpaired) electrons. The standard InChI is InChI=1S/C10H11N3O2/c14-9-6-8(12-13-10(9)15)4-3-7-2-1-5-11-7/h1-2,5-6,11H,3-4H2,(H,12,14)(H,13,15). The Bertz CT molecular complexity index is 536. The second-order valence-electron chi connectivity index (χ2n) is 3.31. The van der Waals surface area contributed by atoms with Crippen molar-refractivity contribution >= 4 is 0 Å². The Balaban J connectivity index is 2.09. The summed E-state index contributed by atoms with van der Waals surface area (Å²) in [4.78, 5) is 24.9. The molecule has 5 nitrogen and oxygen atoms in total. The van der Waals surface area contributed by atoms with Gasteiger partial charge >= 0.3 is 5.56 Å². The van der Waals surface area contributed by atoms with E-state index < -0.39 is 11.0 Å². The van der Waals surface area contributed by atoms with Gasteiger partial charge in [0.2, 0.25) is 5.43 Å². The number of rotatable bonds is 3. The van der Waals surface area contributed by atoms with Crippen molar-refractivity contribution in [1.29, 1.82) is 0 Å². The van der Waals surface area contributed by atoms with Crippen LogP contribution in [0.3, 0.4) is 0 Å². The minimum absolute atomic E-state index is 0.504. The normalized spacial score (nSPS) is 10.4. The molecule has 0 atom stereocenters. The fraction of sp³-hybridized carbons (Fsp3) is 0.200. The van der Waals surface area contributed by atoms with Crippen molar-refractivity contribution in [3.63, 3.8) is 0 Å². The van der Waals surface area contributed by atoms with Crippen molar-refractivity contribution in [3.8, 4) is 0 Å². The molecule has 15 heavy (non-hydrogen) atoms. The third kappa shape index (κ3) is 2.25. The smallest absolute Gasteiger partial charge is 0.310 e. The number of hydrogen-bond acceptors (Lipinski definition) is 2. The monoisotopic (exact) mass is 205 g/mol. The summed E-state index contributed by atoms with van der Waals surface area (Å²) >= 11 is 0. The summed E-state index contributed by atoms with van der Waals surface area (Å²) in [6.45, 7) is 0. The Hall–Kier alpha value is -2.04. The van der Waals surface area contributed by atoms with Crippen LogP contribution in [-0.2, 0) is 12.8 Å². The summed E-state index contributed by atoms with van der Waals surface area (Å²) in [5.74, 6) is 0. The molecular weight excluding hydrogens is 194 g/mol. The fourth-order valence-electron chi connectivity index (χ4n) is 1.39. The minimum Gasteiger partial charge on any atom is -0.365 e. The van der Waals surface area contributed by atoms with Gasteiger partial charge in [-0.2, -0.15) is 0 Å². The number of nitrogens with one attached hydrogen (secondary N) is 3. The summed E-state index contributed by atoms with van der Waals surface area (Å²) in [5, 5.41) is 4.98. The quantitative estimate of drug-likeness (QED) is 0.624. The molecule has 0 saturated carbocycles. The summed E-state index contributed by atoms with van der Waals surface area (Å²) < 4.78 is 0. The molecule has 0 aliphatic heterocycles. The van der Waals surface area contributed by atoms with Crippen molar-refractivity contribution < 1.29 is 0 Å². The number of aromatic nitrogens is 3. The van der Waals surface area contributed by atoms with Crippen LogP contribution in [0.5, 0.6) is 0 Å². The van der Waals surface area contributed by atoms with Gasteiger partial charge in [0.1, 0.15) is 0 Å². The first-order valence-electron chi connectivity index (χ1n) is 4.69. The number of H-pyrrole nitrogens is 3. The summed E-state index contributed by atoms with van der Waals surface area (Å²) in [6, 6.07) is 5.23. The van der Waals surface area contributed by atoms with Crippen LogP contribution in [0.4, 0.5) is 0 Å². The van der Waals surface area contributed by atoms with E-state index in [1.807, 2.05) is 18.3 Å². The lowest BCUT2D eigenvalue weighted by Crippen LogP contribution is -2.27. The highest BCUT2D eigenvalue weighted by atomic mass is 16.2. The van der Waals surface area contributed by atoms with Gasteiger partial charge in [-0.05, 0) is 25.0 Å². The van der Waals surface area contributed by atoms with Crippen LogP contribution in [0.25, 0.3) is 0 Å². The molecule has 3 N–H and O–H groups in total. The van der Waals surface area contributed by atoms with E-state index in [2.05, 4.69) is 15.2 Å². The molecule has 0 aliphatic carbocycles. The van der Waals surface area contributed by atoms with Gasteiger partial charge in [0, 0.05) is 23.7 Å². The predicted octanol–water partition coefficient (Wildman–Crippen LogP) is 0.177. The zero-order valence-electron chi connectivity index (χ0n) is 8.04. The van der Waals surface area contributed by atoms with Crippen LogP contribution < -0.4 is 11.0 Å². The third-order valence-corrected chi connectivity index (χ3v) is 2.19. The molecule has 0 unspecified atom stereocenters. The largest absolute Gasteiger partial charge is 0.365 e. The Morgan fingerprint density at radius 1 is 1.07 bits per heavy atom. The molecule has 0 saturated heterocycles. The second kappa shape index (κ2) is 4.00. The van der Waals surface area contributed by atoms with Crippen molar-refractivity contribution in [1.82, 2.24) is 15.2 Å². The van der Waals surface area contributed by atoms with Gasteiger partial charge in [-0.15, -0.1) is 0 Å². The van der Waals surface area contributed by atoms with E-state index in [1.165, 1.54) is 6.07 Å². The van der Waals surface area contributed by atoms with Crippen molar-refractivity contribution in [2.75, 3.05) is 0 Å². The van der Waals surface area contributed by atoms with Gasteiger partial charge in [0.05, 0.1) is 0 Å². The Kier molecular flexibility index (Phi) is 2.53. The van der Waals surface area contributed by atoms with E-state index in [4.69, 9.17) is 0 Å². The van der Waals surface area contributed by atoms with E-state index in [0.717, 1.165) is 17.8 Å². The topological polar surface area (TPSA) is 81.5 Å². The van der Waals surface area contributed by atoms with Crippen LogP contribution in [0, 0.1) is 0 Å². The molecule has 0 bridgehead atoms. The van der Waals surface area contributed by atoms with Crippen LogP contribution in [0.1, 0.15) is 11.4 Å². The predicted molar refractivity (Wildman–Crippen MR) is 55.9 cm³/mol. The first-order valence-corrected chi connectivity index (χ1v) is 4.69. The van der Waals surface area contributed by atoms with Gasteiger partial charge < -0.3 is 10.1 Å². The van der Waals surface area contributed by atoms with E-state index in [9.17, 15) is 9.59 Å². The maximum Gasteiger partial charge on any atom is 0.310 e. The first kappa shape index (κ1) is 9.51. The average Bonchev–Trinajstić information content (AvgIpc) is 2.73. The van der Waals surface area contributed by atoms with E-state index >= 15 is 0 Å². The van der Waals surface area contributed by atoms with Gasteiger partial charge in [0.25, 0.3) is 0 Å². The summed E-state index contributed by atoms with van der Waals surface area (Å²) in [6.07, 6.45) is 3.34. The highest BCUT2D eigenvalue weighted by Gasteiger charge is 1.99. The molecule has 2 aromatic heterocycles. The zero-order chi connectivity index (χ0) is 10.7. The maximum atomic E-state index is 11.0. The Morgan fingerprint density at radius 2 is 1.87 bits per heavy atom. The lowest BCUT2D eigenvalue weighted by molar-refractivity contribution is 0.827.